The van der Waals surface area contributed by atoms with E-state index in [0.717, 1.165) is 44.6 Å². The number of amides is 1. The third kappa shape index (κ3) is 5.94. The van der Waals surface area contributed by atoms with Crippen LogP contribution < -0.4 is 10.2 Å². The number of methoxy groups -OCH3 is 1. The zero-order valence-corrected chi connectivity index (χ0v) is 17.3. The predicted molar refractivity (Wildman–Crippen MR) is 115 cm³/mol. The molecule has 1 aromatic carbocycles. The number of carbonyl (C=O) groups is 2. The second-order valence-corrected chi connectivity index (χ2v) is 7.66. The average Bonchev–Trinajstić information content (AvgIpc) is 2.77. The van der Waals surface area contributed by atoms with E-state index in [1.165, 1.54) is 12.8 Å². The molecule has 1 fully saturated rings. The summed E-state index contributed by atoms with van der Waals surface area (Å²) in [5.74, 6) is 0.284. The number of hydrogen-bond acceptors (Lipinski definition) is 5. The van der Waals surface area contributed by atoms with Crippen LogP contribution in [0.5, 0.6) is 0 Å². The van der Waals surface area contributed by atoms with E-state index in [-0.39, 0.29) is 17.9 Å². The van der Waals surface area contributed by atoms with Crippen LogP contribution in [0.25, 0.3) is 0 Å². The van der Waals surface area contributed by atoms with Crippen molar-refractivity contribution in [2.45, 2.75) is 32.4 Å². The SMILES string of the molecule is COC(=O)[C@H](CC1C=CC=CC1)NCc1ccc(N2CCN(C(C)=O)CC2)cc1. The normalized spacial score (nSPS) is 19.9. The topological polar surface area (TPSA) is 61.9 Å². The molecule has 0 bridgehead atoms. The van der Waals surface area contributed by atoms with Gasteiger partial charge < -0.3 is 19.9 Å². The molecule has 2 atom stereocenters. The molecule has 3 rings (SSSR count). The molecule has 0 saturated carbocycles. The number of rotatable bonds is 7. The minimum Gasteiger partial charge on any atom is -0.468 e. The largest absolute Gasteiger partial charge is 0.468 e. The second kappa shape index (κ2) is 10.3. The first-order valence-electron chi connectivity index (χ1n) is 10.3. The van der Waals surface area contributed by atoms with Crippen LogP contribution in [0.3, 0.4) is 0 Å². The lowest BCUT2D eigenvalue weighted by molar-refractivity contribution is -0.143. The molecule has 1 heterocycles. The van der Waals surface area contributed by atoms with Gasteiger partial charge in [-0.2, -0.15) is 0 Å². The summed E-state index contributed by atoms with van der Waals surface area (Å²) < 4.78 is 4.99. The highest BCUT2D eigenvalue weighted by Gasteiger charge is 2.22. The van der Waals surface area contributed by atoms with Crippen molar-refractivity contribution in [1.82, 2.24) is 10.2 Å². The third-order valence-corrected chi connectivity index (χ3v) is 5.67. The van der Waals surface area contributed by atoms with Crippen LogP contribution in [-0.2, 0) is 20.9 Å². The summed E-state index contributed by atoms with van der Waals surface area (Å²) in [4.78, 5) is 27.8. The lowest BCUT2D eigenvalue weighted by atomic mass is 9.93. The van der Waals surface area contributed by atoms with Crippen LogP contribution in [0.1, 0.15) is 25.3 Å². The third-order valence-electron chi connectivity index (χ3n) is 5.67. The zero-order valence-electron chi connectivity index (χ0n) is 17.3. The molecular formula is C23H31N3O3. The van der Waals surface area contributed by atoms with E-state index in [1.54, 1.807) is 6.92 Å². The Hall–Kier alpha value is -2.60. The van der Waals surface area contributed by atoms with Crippen molar-refractivity contribution < 1.29 is 14.3 Å². The Bertz CT molecular complexity index is 749. The van der Waals surface area contributed by atoms with Gasteiger partial charge in [0, 0.05) is 45.3 Å². The van der Waals surface area contributed by atoms with Gasteiger partial charge >= 0.3 is 5.97 Å². The number of nitrogens with one attached hydrogen (secondary N) is 1. The number of allylic oxidation sites excluding steroid dienone is 4. The van der Waals surface area contributed by atoms with Crippen molar-refractivity contribution in [3.8, 4) is 0 Å². The van der Waals surface area contributed by atoms with Crippen molar-refractivity contribution >= 4 is 17.6 Å². The van der Waals surface area contributed by atoms with E-state index in [4.69, 9.17) is 4.74 Å². The zero-order chi connectivity index (χ0) is 20.6. The summed E-state index contributed by atoms with van der Waals surface area (Å²) in [6.45, 7) is 5.48. The molecule has 6 heteroatoms. The summed E-state index contributed by atoms with van der Waals surface area (Å²) >= 11 is 0. The standard InChI is InChI=1S/C23H31N3O3/c1-18(27)25-12-14-26(15-13-25)21-10-8-20(9-11-21)17-24-22(23(28)29-2)16-19-6-4-3-5-7-19/h3-6,8-11,19,22,24H,7,12-17H2,1-2H3/t19?,22-/m0/s1. The molecule has 156 valence electrons. The first-order valence-corrected chi connectivity index (χ1v) is 10.3. The molecule has 1 saturated heterocycles. The number of carbonyl (C=O) groups excluding carboxylic acids is 2. The van der Waals surface area contributed by atoms with Gasteiger partial charge in [0.05, 0.1) is 7.11 Å². The van der Waals surface area contributed by atoms with E-state index in [1.807, 2.05) is 17.1 Å². The Kier molecular flexibility index (Phi) is 7.47. The summed E-state index contributed by atoms with van der Waals surface area (Å²) in [5, 5.41) is 3.36. The van der Waals surface area contributed by atoms with Crippen molar-refractivity contribution in [2.75, 3.05) is 38.2 Å². The maximum atomic E-state index is 12.2. The first-order chi connectivity index (χ1) is 14.1. The van der Waals surface area contributed by atoms with Crippen LogP contribution in [0.15, 0.2) is 48.6 Å². The highest BCUT2D eigenvalue weighted by molar-refractivity contribution is 5.75. The van der Waals surface area contributed by atoms with Gasteiger partial charge in [0.15, 0.2) is 0 Å². The first kappa shape index (κ1) is 21.1. The van der Waals surface area contributed by atoms with Crippen LogP contribution >= 0.6 is 0 Å². The van der Waals surface area contributed by atoms with E-state index in [0.29, 0.717) is 12.5 Å². The number of ether oxygens (including phenoxy) is 1. The molecule has 2 aliphatic rings. The van der Waals surface area contributed by atoms with Crippen LogP contribution in [0.2, 0.25) is 0 Å². The van der Waals surface area contributed by atoms with Gasteiger partial charge in [-0.15, -0.1) is 0 Å². The van der Waals surface area contributed by atoms with Crippen molar-refractivity contribution in [1.29, 1.82) is 0 Å². The van der Waals surface area contributed by atoms with Crippen LogP contribution in [0.4, 0.5) is 5.69 Å². The van der Waals surface area contributed by atoms with E-state index < -0.39 is 0 Å². The monoisotopic (exact) mass is 397 g/mol. The lowest BCUT2D eigenvalue weighted by Crippen LogP contribution is -2.48. The molecule has 1 aliphatic heterocycles. The van der Waals surface area contributed by atoms with E-state index in [9.17, 15) is 9.59 Å². The molecule has 0 radical (unpaired) electrons. The Balaban J connectivity index is 1.52. The summed E-state index contributed by atoms with van der Waals surface area (Å²) in [6, 6.07) is 8.10. The molecule has 1 aliphatic carbocycles. The molecule has 1 aromatic rings. The van der Waals surface area contributed by atoms with Gasteiger partial charge in [-0.3, -0.25) is 9.59 Å². The molecule has 0 spiro atoms. The number of nitrogens with zero attached hydrogens (tertiary/aromatic N) is 2. The Morgan fingerprint density at radius 3 is 2.45 bits per heavy atom. The Morgan fingerprint density at radius 1 is 1.14 bits per heavy atom. The number of hydrogen-bond donors (Lipinski definition) is 1. The highest BCUT2D eigenvalue weighted by atomic mass is 16.5. The summed E-state index contributed by atoms with van der Waals surface area (Å²) in [6.07, 6.45) is 10.0. The van der Waals surface area contributed by atoms with Gasteiger partial charge in [-0.25, -0.2) is 0 Å². The molecule has 29 heavy (non-hydrogen) atoms. The maximum absolute atomic E-state index is 12.2. The van der Waals surface area contributed by atoms with Crippen molar-refractivity contribution in [3.05, 3.63) is 54.1 Å². The fourth-order valence-corrected chi connectivity index (χ4v) is 3.86. The van der Waals surface area contributed by atoms with Gasteiger partial charge in [-0.05, 0) is 36.5 Å². The minimum atomic E-state index is -0.319. The Labute approximate surface area is 173 Å². The van der Waals surface area contributed by atoms with Gasteiger partial charge in [0.1, 0.15) is 6.04 Å². The molecule has 6 nitrogen and oxygen atoms in total. The maximum Gasteiger partial charge on any atom is 0.322 e. The van der Waals surface area contributed by atoms with Gasteiger partial charge in [0.25, 0.3) is 0 Å². The molecule has 0 aromatic heterocycles. The smallest absolute Gasteiger partial charge is 0.322 e. The average molecular weight is 398 g/mol. The van der Waals surface area contributed by atoms with E-state index >= 15 is 0 Å². The molecule has 1 unspecified atom stereocenters. The molecule has 1 amide bonds. The molecular weight excluding hydrogens is 366 g/mol. The summed E-state index contributed by atoms with van der Waals surface area (Å²) in [5.41, 5.74) is 2.30. The number of anilines is 1. The summed E-state index contributed by atoms with van der Waals surface area (Å²) in [7, 11) is 1.44. The number of esters is 1. The van der Waals surface area contributed by atoms with E-state index in [2.05, 4.69) is 46.6 Å². The van der Waals surface area contributed by atoms with Crippen molar-refractivity contribution in [2.24, 2.45) is 5.92 Å². The Morgan fingerprint density at radius 2 is 1.86 bits per heavy atom. The number of benzene rings is 1. The van der Waals surface area contributed by atoms with Gasteiger partial charge in [0.2, 0.25) is 5.91 Å². The fraction of sp³-hybridized carbons (Fsp3) is 0.478. The predicted octanol–water partition coefficient (Wildman–Crippen LogP) is 2.51. The minimum absolute atomic E-state index is 0.144. The number of piperazine rings is 1. The highest BCUT2D eigenvalue weighted by Crippen LogP contribution is 2.20. The van der Waals surface area contributed by atoms with Crippen LogP contribution in [0, 0.1) is 5.92 Å². The van der Waals surface area contributed by atoms with Crippen LogP contribution in [-0.4, -0.2) is 56.1 Å². The van der Waals surface area contributed by atoms with Crippen molar-refractivity contribution in [3.63, 3.8) is 0 Å². The lowest BCUT2D eigenvalue weighted by Gasteiger charge is -2.35. The van der Waals surface area contributed by atoms with Gasteiger partial charge in [-0.1, -0.05) is 36.4 Å². The quantitative estimate of drug-likeness (QED) is 0.717. The second-order valence-electron chi connectivity index (χ2n) is 7.66. The fourth-order valence-electron chi connectivity index (χ4n) is 3.86. The molecule has 1 N–H and O–H groups in total.